The second kappa shape index (κ2) is 8.63. The van der Waals surface area contributed by atoms with Crippen molar-refractivity contribution in [3.8, 4) is 11.1 Å². The zero-order chi connectivity index (χ0) is 21.1. The molecular weight excluding hydrogens is 407 g/mol. The van der Waals surface area contributed by atoms with E-state index in [1.165, 1.54) is 19.4 Å². The number of rotatable bonds is 4. The summed E-state index contributed by atoms with van der Waals surface area (Å²) in [5.74, 6) is 0. The molecule has 1 unspecified atom stereocenters. The van der Waals surface area contributed by atoms with Crippen LogP contribution < -0.4 is 0 Å². The van der Waals surface area contributed by atoms with Gasteiger partial charge in [0, 0.05) is 11.1 Å². The summed E-state index contributed by atoms with van der Waals surface area (Å²) in [4.78, 5) is 0. The molecule has 0 heterocycles. The van der Waals surface area contributed by atoms with Crippen molar-refractivity contribution in [3.63, 3.8) is 0 Å². The van der Waals surface area contributed by atoms with Crippen LogP contribution in [0.5, 0.6) is 0 Å². The van der Waals surface area contributed by atoms with E-state index in [4.69, 9.17) is 17.0 Å². The van der Waals surface area contributed by atoms with Crippen LogP contribution in [-0.4, -0.2) is 27.7 Å². The second-order valence-corrected chi connectivity index (χ2v) is 9.24. The standard InChI is InChI=1S/C20H20F3NO2S2/c1-19(2,3)28(25)24-12-13-9-10-14(20(21,22)23)11-17(13)15-7-5-6-8-16(15)18(27)26-4/h5-12H,1-4H3. The minimum atomic E-state index is -4.50. The molecule has 150 valence electrons. The van der Waals surface area contributed by atoms with E-state index in [0.29, 0.717) is 16.7 Å². The molecule has 0 aromatic heterocycles. The van der Waals surface area contributed by atoms with Gasteiger partial charge < -0.3 is 9.29 Å². The molecule has 28 heavy (non-hydrogen) atoms. The molecular formula is C20H20F3NO2S2. The fourth-order valence-corrected chi connectivity index (χ4v) is 3.05. The molecule has 2 rings (SSSR count). The fraction of sp³-hybridized carbons (Fsp3) is 0.300. The third kappa shape index (κ3) is 5.33. The lowest BCUT2D eigenvalue weighted by atomic mass is 9.94. The van der Waals surface area contributed by atoms with Crippen molar-refractivity contribution in [1.82, 2.24) is 0 Å². The molecule has 0 aliphatic rings. The van der Waals surface area contributed by atoms with Crippen molar-refractivity contribution in [2.45, 2.75) is 31.7 Å². The number of thiocarbonyl (C=S) groups is 1. The Hall–Kier alpha value is -1.90. The van der Waals surface area contributed by atoms with Crippen molar-refractivity contribution < 1.29 is 22.5 Å². The monoisotopic (exact) mass is 427 g/mol. The van der Waals surface area contributed by atoms with Crippen LogP contribution in [0.25, 0.3) is 11.1 Å². The lowest BCUT2D eigenvalue weighted by Gasteiger charge is -2.18. The maximum absolute atomic E-state index is 13.3. The van der Waals surface area contributed by atoms with Crippen LogP contribution in [0, 0.1) is 0 Å². The summed E-state index contributed by atoms with van der Waals surface area (Å²) < 4.78 is 60.6. The number of hydrogen-bond acceptors (Lipinski definition) is 4. The third-order valence-corrected chi connectivity index (χ3v) is 5.55. The number of halogens is 3. The first kappa shape index (κ1) is 22.4. The van der Waals surface area contributed by atoms with Gasteiger partial charge in [-0.3, -0.25) is 0 Å². The van der Waals surface area contributed by atoms with Crippen molar-refractivity contribution in [2.24, 2.45) is 4.40 Å². The van der Waals surface area contributed by atoms with Crippen LogP contribution in [0.4, 0.5) is 13.2 Å². The summed E-state index contributed by atoms with van der Waals surface area (Å²) in [6.45, 7) is 5.29. The summed E-state index contributed by atoms with van der Waals surface area (Å²) in [7, 11) is 1.40. The first-order valence-corrected chi connectivity index (χ1v) is 9.81. The van der Waals surface area contributed by atoms with E-state index in [1.54, 1.807) is 45.0 Å². The highest BCUT2D eigenvalue weighted by atomic mass is 32.2. The van der Waals surface area contributed by atoms with Gasteiger partial charge >= 0.3 is 6.18 Å². The van der Waals surface area contributed by atoms with Gasteiger partial charge in [-0.25, -0.2) is 0 Å². The third-order valence-electron chi connectivity index (χ3n) is 3.81. The van der Waals surface area contributed by atoms with E-state index in [1.807, 2.05) is 0 Å². The number of benzene rings is 2. The van der Waals surface area contributed by atoms with Gasteiger partial charge in [-0.2, -0.15) is 13.2 Å². The smallest absolute Gasteiger partial charge is 0.416 e. The zero-order valence-electron chi connectivity index (χ0n) is 15.8. The van der Waals surface area contributed by atoms with Crippen molar-refractivity contribution in [2.75, 3.05) is 7.11 Å². The van der Waals surface area contributed by atoms with Crippen LogP contribution in [0.2, 0.25) is 0 Å². The maximum atomic E-state index is 13.3. The highest BCUT2D eigenvalue weighted by Gasteiger charge is 2.31. The van der Waals surface area contributed by atoms with Crippen LogP contribution in [0.15, 0.2) is 46.9 Å². The van der Waals surface area contributed by atoms with E-state index in [-0.39, 0.29) is 10.6 Å². The Morgan fingerprint density at radius 3 is 2.32 bits per heavy atom. The highest BCUT2D eigenvalue weighted by Crippen LogP contribution is 2.35. The lowest BCUT2D eigenvalue weighted by Crippen LogP contribution is -2.25. The Labute approximate surface area is 171 Å². The molecule has 0 amide bonds. The summed E-state index contributed by atoms with van der Waals surface area (Å²) in [6.07, 6.45) is -3.17. The first-order valence-electron chi connectivity index (χ1n) is 8.30. The van der Waals surface area contributed by atoms with Gasteiger partial charge in [0.1, 0.15) is 16.1 Å². The molecule has 3 nitrogen and oxygen atoms in total. The summed E-state index contributed by atoms with van der Waals surface area (Å²) in [5.41, 5.74) is 0.848. The minimum absolute atomic E-state index is 0.161. The quantitative estimate of drug-likeness (QED) is 0.364. The number of nitrogens with zero attached hydrogens (tertiary/aromatic N) is 1. The first-order chi connectivity index (χ1) is 12.9. The molecule has 0 N–H and O–H groups in total. The lowest BCUT2D eigenvalue weighted by molar-refractivity contribution is -0.137. The molecule has 0 aliphatic carbocycles. The van der Waals surface area contributed by atoms with Crippen molar-refractivity contribution in [3.05, 3.63) is 59.2 Å². The van der Waals surface area contributed by atoms with E-state index in [2.05, 4.69) is 4.40 Å². The van der Waals surface area contributed by atoms with Gasteiger partial charge in [0.2, 0.25) is 0 Å². The molecule has 0 spiro atoms. The fourth-order valence-electron chi connectivity index (χ4n) is 2.35. The van der Waals surface area contributed by atoms with E-state index in [0.717, 1.165) is 12.1 Å². The van der Waals surface area contributed by atoms with Crippen LogP contribution >= 0.6 is 12.2 Å². The molecule has 1 atom stereocenters. The zero-order valence-corrected chi connectivity index (χ0v) is 17.5. The van der Waals surface area contributed by atoms with Gasteiger partial charge in [0.15, 0.2) is 5.05 Å². The van der Waals surface area contributed by atoms with Gasteiger partial charge in [-0.15, -0.1) is 0 Å². The normalized spacial score (nSPS) is 13.6. The van der Waals surface area contributed by atoms with Gasteiger partial charge in [0.05, 0.1) is 18.9 Å². The summed E-state index contributed by atoms with van der Waals surface area (Å²) in [5, 5.41) is 0.161. The molecule has 2 aromatic carbocycles. The van der Waals surface area contributed by atoms with E-state index >= 15 is 0 Å². The van der Waals surface area contributed by atoms with Crippen LogP contribution in [0.3, 0.4) is 0 Å². The number of hydrogen-bond donors (Lipinski definition) is 0. The second-order valence-electron chi connectivity index (χ2n) is 6.93. The Morgan fingerprint density at radius 2 is 1.75 bits per heavy atom. The van der Waals surface area contributed by atoms with E-state index < -0.39 is 27.8 Å². The van der Waals surface area contributed by atoms with Crippen molar-refractivity contribution in [1.29, 1.82) is 0 Å². The summed E-state index contributed by atoms with van der Waals surface area (Å²) in [6, 6.07) is 10.1. The minimum Gasteiger partial charge on any atom is -0.591 e. The van der Waals surface area contributed by atoms with Crippen LogP contribution in [-0.2, 0) is 22.3 Å². The topological polar surface area (TPSA) is 44.6 Å². The van der Waals surface area contributed by atoms with Crippen LogP contribution in [0.1, 0.15) is 37.5 Å². The Balaban J connectivity index is 2.67. The average Bonchev–Trinajstić information content (AvgIpc) is 2.63. The predicted molar refractivity (Wildman–Crippen MR) is 111 cm³/mol. The molecule has 0 radical (unpaired) electrons. The molecule has 0 saturated heterocycles. The largest absolute Gasteiger partial charge is 0.591 e. The van der Waals surface area contributed by atoms with Gasteiger partial charge in [0.25, 0.3) is 0 Å². The van der Waals surface area contributed by atoms with E-state index in [9.17, 15) is 17.7 Å². The molecule has 0 aliphatic heterocycles. The van der Waals surface area contributed by atoms with Gasteiger partial charge in [-0.1, -0.05) is 28.7 Å². The summed E-state index contributed by atoms with van der Waals surface area (Å²) >= 11 is 3.64. The van der Waals surface area contributed by atoms with Gasteiger partial charge in [-0.05, 0) is 62.3 Å². The molecule has 0 saturated carbocycles. The average molecular weight is 428 g/mol. The SMILES string of the molecule is COC(=S)c1ccccc1-c1cc(C(F)(F)F)ccc1C=N[S+]([O-])C(C)(C)C. The number of methoxy groups -OCH3 is 1. The number of ether oxygens (including phenoxy) is 1. The molecule has 0 fully saturated rings. The molecule has 2 aromatic rings. The van der Waals surface area contributed by atoms with Crippen molar-refractivity contribution >= 4 is 34.8 Å². The Morgan fingerprint density at radius 1 is 1.11 bits per heavy atom. The number of alkyl halides is 3. The maximum Gasteiger partial charge on any atom is 0.416 e. The molecule has 0 bridgehead atoms. The Kier molecular flexibility index (Phi) is 6.90. The highest BCUT2D eigenvalue weighted by molar-refractivity contribution is 7.91. The predicted octanol–water partition coefficient (Wildman–Crippen LogP) is 5.58. The molecule has 8 heteroatoms. The Bertz CT molecular complexity index is 890.